The Morgan fingerprint density at radius 1 is 1.10 bits per heavy atom. The molecule has 1 fully saturated rings. The van der Waals surface area contributed by atoms with E-state index in [-0.39, 0.29) is 6.10 Å². The zero-order chi connectivity index (χ0) is 14.5. The van der Waals surface area contributed by atoms with Crippen LogP contribution in [-0.4, -0.2) is 24.6 Å². The molecule has 0 spiro atoms. The van der Waals surface area contributed by atoms with Crippen LogP contribution in [-0.2, 0) is 0 Å². The van der Waals surface area contributed by atoms with Crippen molar-refractivity contribution in [3.8, 4) is 11.5 Å². The summed E-state index contributed by atoms with van der Waals surface area (Å²) in [5.74, 6) is 7.88. The predicted molar refractivity (Wildman–Crippen MR) is 82.6 cm³/mol. The van der Waals surface area contributed by atoms with Crippen molar-refractivity contribution in [2.45, 2.75) is 50.7 Å². The Morgan fingerprint density at radius 2 is 1.81 bits per heavy atom. The van der Waals surface area contributed by atoms with Crippen LogP contribution >= 0.6 is 0 Å². The van der Waals surface area contributed by atoms with E-state index >= 15 is 0 Å². The van der Waals surface area contributed by atoms with E-state index in [0.29, 0.717) is 18.5 Å². The van der Waals surface area contributed by atoms with Crippen LogP contribution in [0.3, 0.4) is 0 Å². The van der Waals surface area contributed by atoms with Gasteiger partial charge in [0.2, 0.25) is 0 Å². The lowest BCUT2D eigenvalue weighted by atomic mass is 10.1. The molecule has 1 aliphatic heterocycles. The molecule has 3 N–H and O–H groups in total. The molecule has 1 aromatic rings. The molecule has 1 atom stereocenters. The Bertz CT molecular complexity index is 496. The molecule has 0 bridgehead atoms. The number of hydrogen-bond acceptors (Lipinski definition) is 4. The second kappa shape index (κ2) is 6.80. The van der Waals surface area contributed by atoms with E-state index in [9.17, 15) is 0 Å². The van der Waals surface area contributed by atoms with Gasteiger partial charge in [0.25, 0.3) is 0 Å². The monoisotopic (exact) mass is 289 g/mol. The number of ether oxygens (including phenoxy) is 2. The molecule has 1 aliphatic carbocycles. The molecule has 114 valence electrons. The van der Waals surface area contributed by atoms with Gasteiger partial charge in [-0.1, -0.05) is 37.8 Å². The number of para-hydroxylation sites is 2. The lowest BCUT2D eigenvalue weighted by molar-refractivity contribution is 0.132. The SMILES string of the molecule is NNC(=NC1CCCCCC1)C1COc2ccccc2O1. The molecule has 1 saturated carbocycles. The number of aliphatic imine (C=N–C) groups is 1. The van der Waals surface area contributed by atoms with E-state index in [4.69, 9.17) is 20.3 Å². The first kappa shape index (κ1) is 14.2. The molecule has 0 radical (unpaired) electrons. The van der Waals surface area contributed by atoms with Crippen molar-refractivity contribution in [2.24, 2.45) is 10.8 Å². The van der Waals surface area contributed by atoms with E-state index in [1.54, 1.807) is 0 Å². The van der Waals surface area contributed by atoms with Crippen LogP contribution in [0.25, 0.3) is 0 Å². The molecular formula is C16H23N3O2. The minimum absolute atomic E-state index is 0.256. The van der Waals surface area contributed by atoms with Gasteiger partial charge in [-0.05, 0) is 25.0 Å². The Morgan fingerprint density at radius 3 is 2.52 bits per heavy atom. The van der Waals surface area contributed by atoms with E-state index in [0.717, 1.165) is 24.3 Å². The highest BCUT2D eigenvalue weighted by Crippen LogP contribution is 2.31. The lowest BCUT2D eigenvalue weighted by Gasteiger charge is -2.27. The minimum Gasteiger partial charge on any atom is -0.485 e. The zero-order valence-corrected chi connectivity index (χ0v) is 12.3. The van der Waals surface area contributed by atoms with Gasteiger partial charge in [0.1, 0.15) is 6.61 Å². The molecule has 1 heterocycles. The van der Waals surface area contributed by atoms with Crippen molar-refractivity contribution in [3.63, 3.8) is 0 Å². The summed E-state index contributed by atoms with van der Waals surface area (Å²) in [6, 6.07) is 8.02. The molecule has 0 aromatic heterocycles. The van der Waals surface area contributed by atoms with Crippen LogP contribution in [0.2, 0.25) is 0 Å². The maximum Gasteiger partial charge on any atom is 0.190 e. The number of hydrazine groups is 1. The third kappa shape index (κ3) is 3.47. The fourth-order valence-electron chi connectivity index (χ4n) is 2.95. The zero-order valence-electron chi connectivity index (χ0n) is 12.3. The molecule has 21 heavy (non-hydrogen) atoms. The molecule has 1 unspecified atom stereocenters. The number of fused-ring (bicyclic) bond motifs is 1. The smallest absolute Gasteiger partial charge is 0.190 e. The van der Waals surface area contributed by atoms with Gasteiger partial charge in [-0.2, -0.15) is 0 Å². The quantitative estimate of drug-likeness (QED) is 0.288. The third-order valence-corrected chi connectivity index (χ3v) is 4.11. The Hall–Kier alpha value is -1.75. The van der Waals surface area contributed by atoms with Crippen LogP contribution in [0.15, 0.2) is 29.3 Å². The molecule has 0 saturated heterocycles. The highest BCUT2D eigenvalue weighted by Gasteiger charge is 2.26. The average Bonchev–Trinajstić information content (AvgIpc) is 2.81. The van der Waals surface area contributed by atoms with Crippen LogP contribution in [0.4, 0.5) is 0 Å². The van der Waals surface area contributed by atoms with Crippen molar-refractivity contribution in [1.29, 1.82) is 0 Å². The molecule has 5 nitrogen and oxygen atoms in total. The first-order chi connectivity index (χ1) is 10.4. The number of nitrogens with one attached hydrogen (secondary N) is 1. The molecule has 2 aliphatic rings. The molecule has 0 amide bonds. The highest BCUT2D eigenvalue weighted by atomic mass is 16.6. The van der Waals surface area contributed by atoms with E-state index in [1.165, 1.54) is 25.7 Å². The van der Waals surface area contributed by atoms with Crippen molar-refractivity contribution < 1.29 is 9.47 Å². The van der Waals surface area contributed by atoms with Crippen LogP contribution < -0.4 is 20.7 Å². The molecular weight excluding hydrogens is 266 g/mol. The van der Waals surface area contributed by atoms with Crippen molar-refractivity contribution in [3.05, 3.63) is 24.3 Å². The Balaban J connectivity index is 1.71. The fourth-order valence-corrected chi connectivity index (χ4v) is 2.95. The molecule has 1 aromatic carbocycles. The van der Waals surface area contributed by atoms with E-state index in [2.05, 4.69) is 5.43 Å². The first-order valence-electron chi connectivity index (χ1n) is 7.79. The van der Waals surface area contributed by atoms with E-state index < -0.39 is 0 Å². The first-order valence-corrected chi connectivity index (χ1v) is 7.79. The van der Waals surface area contributed by atoms with Gasteiger partial charge in [-0.3, -0.25) is 4.99 Å². The van der Waals surface area contributed by atoms with Gasteiger partial charge in [-0.25, -0.2) is 5.84 Å². The highest BCUT2D eigenvalue weighted by molar-refractivity contribution is 5.87. The number of nitrogens with two attached hydrogens (primary N) is 1. The summed E-state index contributed by atoms with van der Waals surface area (Å²) >= 11 is 0. The van der Waals surface area contributed by atoms with E-state index in [1.807, 2.05) is 24.3 Å². The largest absolute Gasteiger partial charge is 0.485 e. The van der Waals surface area contributed by atoms with Gasteiger partial charge < -0.3 is 14.9 Å². The predicted octanol–water partition coefficient (Wildman–Crippen LogP) is 2.41. The Labute approximate surface area is 125 Å². The number of benzene rings is 1. The second-order valence-electron chi connectivity index (χ2n) is 5.67. The molecule has 5 heteroatoms. The second-order valence-corrected chi connectivity index (χ2v) is 5.67. The van der Waals surface area contributed by atoms with Gasteiger partial charge in [0, 0.05) is 0 Å². The van der Waals surface area contributed by atoms with Gasteiger partial charge in [0.05, 0.1) is 6.04 Å². The number of rotatable bonds is 2. The summed E-state index contributed by atoms with van der Waals surface area (Å²) < 4.78 is 11.7. The summed E-state index contributed by atoms with van der Waals surface area (Å²) in [7, 11) is 0. The van der Waals surface area contributed by atoms with Crippen molar-refractivity contribution >= 4 is 5.84 Å². The van der Waals surface area contributed by atoms with Crippen LogP contribution in [0.5, 0.6) is 11.5 Å². The minimum atomic E-state index is -0.256. The average molecular weight is 289 g/mol. The van der Waals surface area contributed by atoms with Gasteiger partial charge in [0.15, 0.2) is 23.4 Å². The van der Waals surface area contributed by atoms with Crippen LogP contribution in [0.1, 0.15) is 38.5 Å². The fraction of sp³-hybridized carbons (Fsp3) is 0.562. The summed E-state index contributed by atoms with van der Waals surface area (Å²) in [5.41, 5.74) is 2.72. The number of amidine groups is 1. The summed E-state index contributed by atoms with van der Waals surface area (Å²) in [5, 5.41) is 0. The summed E-state index contributed by atoms with van der Waals surface area (Å²) in [4.78, 5) is 4.79. The standard InChI is InChI=1S/C16H23N3O2/c17-19-16(18-12-7-3-1-2-4-8-12)15-11-20-13-9-5-6-10-14(13)21-15/h5-6,9-10,12,15H,1-4,7-8,11,17H2,(H,18,19). The normalized spacial score (nSPS) is 23.5. The maximum atomic E-state index is 5.96. The summed E-state index contributed by atoms with van der Waals surface area (Å²) in [6.07, 6.45) is 7.13. The van der Waals surface area contributed by atoms with Crippen LogP contribution in [0, 0.1) is 0 Å². The lowest BCUT2D eigenvalue weighted by Crippen LogP contribution is -2.47. The number of nitrogens with zero attached hydrogens (tertiary/aromatic N) is 1. The molecule has 3 rings (SSSR count). The summed E-state index contributed by atoms with van der Waals surface area (Å²) in [6.45, 7) is 0.437. The number of hydrogen-bond donors (Lipinski definition) is 2. The van der Waals surface area contributed by atoms with Gasteiger partial charge >= 0.3 is 0 Å². The Kier molecular flexibility index (Phi) is 4.60. The third-order valence-electron chi connectivity index (χ3n) is 4.11. The van der Waals surface area contributed by atoms with Crippen molar-refractivity contribution in [2.75, 3.05) is 6.61 Å². The van der Waals surface area contributed by atoms with Gasteiger partial charge in [-0.15, -0.1) is 0 Å². The van der Waals surface area contributed by atoms with Crippen molar-refractivity contribution in [1.82, 2.24) is 5.43 Å². The maximum absolute atomic E-state index is 5.96. The topological polar surface area (TPSA) is 68.9 Å².